The second-order valence-corrected chi connectivity index (χ2v) is 5.85. The number of hydrogen-bond acceptors (Lipinski definition) is 4. The largest absolute Gasteiger partial charge is 0.493 e. The third-order valence-corrected chi connectivity index (χ3v) is 4.53. The van der Waals surface area contributed by atoms with Gasteiger partial charge < -0.3 is 14.8 Å². The average molecular weight is 276 g/mol. The van der Waals surface area contributed by atoms with E-state index >= 15 is 0 Å². The van der Waals surface area contributed by atoms with Gasteiger partial charge in [-0.05, 0) is 43.0 Å². The topological polar surface area (TPSA) is 33.7 Å². The molecule has 1 N–H and O–H groups in total. The molecular weight excluding hydrogens is 252 g/mol. The molecule has 2 heterocycles. The standard InChI is InChI=1S/C16H24N2O2/c1-19-15-6-5-12(8-16(15)20-2)9-18-10-13-4-3-7-17-14(13)11-18/h5-6,8,13-14,17H,3-4,7,9-11H2,1-2H3/t13-,14+/m0/s1. The Morgan fingerprint density at radius 3 is 2.80 bits per heavy atom. The van der Waals surface area contributed by atoms with E-state index < -0.39 is 0 Å². The first-order valence-corrected chi connectivity index (χ1v) is 7.47. The highest BCUT2D eigenvalue weighted by molar-refractivity contribution is 5.42. The summed E-state index contributed by atoms with van der Waals surface area (Å²) in [5.74, 6) is 2.46. The maximum Gasteiger partial charge on any atom is 0.161 e. The molecule has 2 saturated heterocycles. The van der Waals surface area contributed by atoms with Gasteiger partial charge in [0.15, 0.2) is 11.5 Å². The summed E-state index contributed by atoms with van der Waals surface area (Å²) in [6, 6.07) is 6.92. The smallest absolute Gasteiger partial charge is 0.161 e. The zero-order chi connectivity index (χ0) is 13.9. The van der Waals surface area contributed by atoms with E-state index in [1.54, 1.807) is 14.2 Å². The maximum atomic E-state index is 5.38. The normalized spacial score (nSPS) is 26.3. The van der Waals surface area contributed by atoms with E-state index in [2.05, 4.69) is 22.3 Å². The lowest BCUT2D eigenvalue weighted by atomic mass is 9.94. The molecule has 2 atom stereocenters. The number of rotatable bonds is 4. The molecule has 2 fully saturated rings. The molecule has 0 saturated carbocycles. The van der Waals surface area contributed by atoms with Crippen molar-refractivity contribution in [3.8, 4) is 11.5 Å². The van der Waals surface area contributed by atoms with Gasteiger partial charge in [-0.15, -0.1) is 0 Å². The second-order valence-electron chi connectivity index (χ2n) is 5.85. The van der Waals surface area contributed by atoms with Crippen LogP contribution in [0.1, 0.15) is 18.4 Å². The van der Waals surface area contributed by atoms with Gasteiger partial charge in [-0.1, -0.05) is 6.07 Å². The van der Waals surface area contributed by atoms with Gasteiger partial charge in [-0.25, -0.2) is 0 Å². The number of methoxy groups -OCH3 is 2. The van der Waals surface area contributed by atoms with Crippen molar-refractivity contribution in [2.24, 2.45) is 5.92 Å². The van der Waals surface area contributed by atoms with Crippen molar-refractivity contribution in [1.82, 2.24) is 10.2 Å². The van der Waals surface area contributed by atoms with Crippen molar-refractivity contribution in [1.29, 1.82) is 0 Å². The molecular formula is C16H24N2O2. The van der Waals surface area contributed by atoms with Crippen LogP contribution in [0.15, 0.2) is 18.2 Å². The summed E-state index contributed by atoms with van der Waals surface area (Å²) in [6.07, 6.45) is 2.70. The zero-order valence-corrected chi connectivity index (χ0v) is 12.4. The quantitative estimate of drug-likeness (QED) is 0.910. The molecule has 20 heavy (non-hydrogen) atoms. The van der Waals surface area contributed by atoms with Crippen LogP contribution in [0.4, 0.5) is 0 Å². The highest BCUT2D eigenvalue weighted by Crippen LogP contribution is 2.30. The molecule has 1 aromatic carbocycles. The fraction of sp³-hybridized carbons (Fsp3) is 0.625. The monoisotopic (exact) mass is 276 g/mol. The van der Waals surface area contributed by atoms with Gasteiger partial charge in [0.1, 0.15) is 0 Å². The molecule has 0 amide bonds. The summed E-state index contributed by atoms with van der Waals surface area (Å²) in [7, 11) is 3.37. The number of benzene rings is 1. The third-order valence-electron chi connectivity index (χ3n) is 4.53. The molecule has 2 aliphatic heterocycles. The molecule has 0 radical (unpaired) electrons. The van der Waals surface area contributed by atoms with E-state index in [4.69, 9.17) is 9.47 Å². The Labute approximate surface area is 121 Å². The number of likely N-dealkylation sites (tertiary alicyclic amines) is 1. The molecule has 0 unspecified atom stereocenters. The van der Waals surface area contributed by atoms with Gasteiger partial charge in [0.05, 0.1) is 14.2 Å². The average Bonchev–Trinajstić information content (AvgIpc) is 2.89. The van der Waals surface area contributed by atoms with Crippen molar-refractivity contribution >= 4 is 0 Å². The van der Waals surface area contributed by atoms with Crippen molar-refractivity contribution in [2.45, 2.75) is 25.4 Å². The van der Waals surface area contributed by atoms with Crippen LogP contribution in [0.25, 0.3) is 0 Å². The van der Waals surface area contributed by atoms with E-state index in [-0.39, 0.29) is 0 Å². The maximum absolute atomic E-state index is 5.38. The number of fused-ring (bicyclic) bond motifs is 1. The number of ether oxygens (including phenoxy) is 2. The van der Waals surface area contributed by atoms with Crippen molar-refractivity contribution in [2.75, 3.05) is 33.9 Å². The molecule has 4 heteroatoms. The lowest BCUT2D eigenvalue weighted by Gasteiger charge is -2.24. The lowest BCUT2D eigenvalue weighted by Crippen LogP contribution is -2.40. The first-order valence-electron chi connectivity index (χ1n) is 7.47. The summed E-state index contributed by atoms with van der Waals surface area (Å²) in [5.41, 5.74) is 1.29. The van der Waals surface area contributed by atoms with Crippen LogP contribution >= 0.6 is 0 Å². The molecule has 3 rings (SSSR count). The van der Waals surface area contributed by atoms with Crippen LogP contribution in [0, 0.1) is 5.92 Å². The highest BCUT2D eigenvalue weighted by Gasteiger charge is 2.33. The van der Waals surface area contributed by atoms with Crippen LogP contribution in [-0.2, 0) is 6.54 Å². The number of hydrogen-bond donors (Lipinski definition) is 1. The van der Waals surface area contributed by atoms with Crippen LogP contribution in [0.2, 0.25) is 0 Å². The fourth-order valence-corrected chi connectivity index (χ4v) is 3.50. The van der Waals surface area contributed by atoms with Gasteiger partial charge in [0.2, 0.25) is 0 Å². The first kappa shape index (κ1) is 13.7. The molecule has 0 spiro atoms. The minimum absolute atomic E-state index is 0.698. The van der Waals surface area contributed by atoms with E-state index in [9.17, 15) is 0 Å². The third kappa shape index (κ3) is 2.76. The highest BCUT2D eigenvalue weighted by atomic mass is 16.5. The Balaban J connectivity index is 1.66. The Morgan fingerprint density at radius 1 is 1.20 bits per heavy atom. The SMILES string of the molecule is COc1ccc(CN2C[C@@H]3CCCN[C@@H]3C2)cc1OC. The van der Waals surface area contributed by atoms with Crippen molar-refractivity contribution in [3.05, 3.63) is 23.8 Å². The van der Waals surface area contributed by atoms with E-state index in [0.29, 0.717) is 6.04 Å². The van der Waals surface area contributed by atoms with Gasteiger partial charge in [-0.3, -0.25) is 4.90 Å². The van der Waals surface area contributed by atoms with Gasteiger partial charge >= 0.3 is 0 Å². The molecule has 0 aromatic heterocycles. The van der Waals surface area contributed by atoms with Crippen LogP contribution in [0.3, 0.4) is 0 Å². The first-order chi connectivity index (χ1) is 9.80. The Morgan fingerprint density at radius 2 is 2.05 bits per heavy atom. The summed E-state index contributed by atoms with van der Waals surface area (Å²) >= 11 is 0. The molecule has 0 bridgehead atoms. The molecule has 0 aliphatic carbocycles. The van der Waals surface area contributed by atoms with Crippen LogP contribution < -0.4 is 14.8 Å². The van der Waals surface area contributed by atoms with Gasteiger partial charge in [0.25, 0.3) is 0 Å². The van der Waals surface area contributed by atoms with Crippen molar-refractivity contribution < 1.29 is 9.47 Å². The lowest BCUT2D eigenvalue weighted by molar-refractivity contribution is 0.310. The van der Waals surface area contributed by atoms with Gasteiger partial charge in [-0.2, -0.15) is 0 Å². The van der Waals surface area contributed by atoms with E-state index in [1.807, 2.05) is 6.07 Å². The van der Waals surface area contributed by atoms with E-state index in [0.717, 1.165) is 24.0 Å². The number of piperidine rings is 1. The molecule has 110 valence electrons. The van der Waals surface area contributed by atoms with Crippen LogP contribution in [-0.4, -0.2) is 44.8 Å². The van der Waals surface area contributed by atoms with Crippen molar-refractivity contribution in [3.63, 3.8) is 0 Å². The number of nitrogens with one attached hydrogen (secondary N) is 1. The Kier molecular flexibility index (Phi) is 4.13. The Bertz CT molecular complexity index is 450. The molecule has 1 aromatic rings. The van der Waals surface area contributed by atoms with E-state index in [1.165, 1.54) is 38.0 Å². The summed E-state index contributed by atoms with van der Waals surface area (Å²) in [4.78, 5) is 2.55. The zero-order valence-electron chi connectivity index (χ0n) is 12.4. The number of nitrogens with zero attached hydrogens (tertiary/aromatic N) is 1. The van der Waals surface area contributed by atoms with Crippen LogP contribution in [0.5, 0.6) is 11.5 Å². The summed E-state index contributed by atoms with van der Waals surface area (Å²) in [6.45, 7) is 4.56. The minimum Gasteiger partial charge on any atom is -0.493 e. The summed E-state index contributed by atoms with van der Waals surface area (Å²) in [5, 5.41) is 3.65. The van der Waals surface area contributed by atoms with Gasteiger partial charge in [0, 0.05) is 25.7 Å². The summed E-state index contributed by atoms with van der Waals surface area (Å²) < 4.78 is 10.7. The molecule has 2 aliphatic rings. The molecule has 4 nitrogen and oxygen atoms in total. The fourth-order valence-electron chi connectivity index (χ4n) is 3.50. The predicted octanol–water partition coefficient (Wildman–Crippen LogP) is 1.89. The second kappa shape index (κ2) is 6.02. The minimum atomic E-state index is 0.698. The Hall–Kier alpha value is -1.26. The predicted molar refractivity (Wildman–Crippen MR) is 79.3 cm³/mol.